The second kappa shape index (κ2) is 12.6. The summed E-state index contributed by atoms with van der Waals surface area (Å²) in [5, 5.41) is 5.14. The first-order chi connectivity index (χ1) is 19.5. The number of allylic oxidation sites excluding steroid dienone is 1. The minimum Gasteiger partial charge on any atom is -0.383 e. The number of carbonyl (C=O) groups is 1. The van der Waals surface area contributed by atoms with Gasteiger partial charge in [0, 0.05) is 42.8 Å². The van der Waals surface area contributed by atoms with Gasteiger partial charge in [0.1, 0.15) is 17.2 Å². The zero-order chi connectivity index (χ0) is 29.7. The van der Waals surface area contributed by atoms with Gasteiger partial charge in [-0.1, -0.05) is 24.2 Å². The molecule has 13 heteroatoms. The van der Waals surface area contributed by atoms with Crippen LogP contribution < -0.4 is 16.4 Å². The van der Waals surface area contributed by atoms with Crippen LogP contribution in [-0.2, 0) is 6.18 Å². The zero-order valence-electron chi connectivity index (χ0n) is 22.6. The number of carbonyl (C=O) groups excluding carboxylic acids is 1. The number of benzene rings is 2. The number of amides is 1. The van der Waals surface area contributed by atoms with Gasteiger partial charge in [-0.3, -0.25) is 9.79 Å². The van der Waals surface area contributed by atoms with Gasteiger partial charge in [0.05, 0.1) is 16.8 Å². The van der Waals surface area contributed by atoms with E-state index >= 15 is 0 Å². The number of nitrogens with one attached hydrogen (secondary N) is 2. The molecule has 0 unspecified atom stereocenters. The molecule has 216 valence electrons. The maximum absolute atomic E-state index is 13.2. The summed E-state index contributed by atoms with van der Waals surface area (Å²) in [6.07, 6.45) is -0.742. The van der Waals surface area contributed by atoms with Crippen LogP contribution in [0.2, 0.25) is 5.02 Å². The van der Waals surface area contributed by atoms with E-state index in [1.807, 2.05) is 6.92 Å². The number of hydrogen-bond donors (Lipinski definition) is 3. The highest BCUT2D eigenvalue weighted by molar-refractivity contribution is 6.41. The van der Waals surface area contributed by atoms with Crippen LogP contribution in [0.15, 0.2) is 75.7 Å². The van der Waals surface area contributed by atoms with Crippen LogP contribution in [-0.4, -0.2) is 66.8 Å². The Labute approximate surface area is 241 Å². The molecule has 9 nitrogen and oxygen atoms in total. The van der Waals surface area contributed by atoms with Crippen molar-refractivity contribution in [3.63, 3.8) is 0 Å². The number of aryl methyl sites for hydroxylation is 1. The minimum atomic E-state index is -4.66. The number of aliphatic imine (C=N–C) groups is 3. The minimum absolute atomic E-state index is 0.0446. The van der Waals surface area contributed by atoms with Crippen LogP contribution >= 0.6 is 11.6 Å². The average molecular weight is 587 g/mol. The van der Waals surface area contributed by atoms with Crippen molar-refractivity contribution >= 4 is 46.8 Å². The van der Waals surface area contributed by atoms with Crippen molar-refractivity contribution in [2.24, 2.45) is 20.7 Å². The Morgan fingerprint density at radius 3 is 2.66 bits per heavy atom. The highest BCUT2D eigenvalue weighted by atomic mass is 35.5. The predicted molar refractivity (Wildman–Crippen MR) is 158 cm³/mol. The molecule has 2 aromatic carbocycles. The summed E-state index contributed by atoms with van der Waals surface area (Å²) < 4.78 is 39.7. The Morgan fingerprint density at radius 2 is 1.93 bits per heavy atom. The van der Waals surface area contributed by atoms with E-state index in [-0.39, 0.29) is 17.1 Å². The molecule has 4 rings (SSSR count). The van der Waals surface area contributed by atoms with E-state index in [0.29, 0.717) is 23.1 Å². The van der Waals surface area contributed by atoms with E-state index in [4.69, 9.17) is 22.3 Å². The van der Waals surface area contributed by atoms with E-state index in [0.717, 1.165) is 50.3 Å². The van der Waals surface area contributed by atoms with Gasteiger partial charge in [-0.05, 0) is 62.8 Å². The van der Waals surface area contributed by atoms with Crippen molar-refractivity contribution < 1.29 is 18.0 Å². The summed E-state index contributed by atoms with van der Waals surface area (Å²) in [5.41, 5.74) is 7.63. The molecule has 1 fully saturated rings. The van der Waals surface area contributed by atoms with Gasteiger partial charge in [-0.25, -0.2) is 9.98 Å². The molecular formula is C28H30ClF3N8O. The lowest BCUT2D eigenvalue weighted by molar-refractivity contribution is -0.137. The number of alkyl halides is 3. The summed E-state index contributed by atoms with van der Waals surface area (Å²) in [4.78, 5) is 30.7. The Morgan fingerprint density at radius 1 is 1.15 bits per heavy atom. The maximum atomic E-state index is 13.2. The summed E-state index contributed by atoms with van der Waals surface area (Å²) in [6.45, 7) is 8.88. The van der Waals surface area contributed by atoms with Crippen LogP contribution in [0.1, 0.15) is 27.9 Å². The Kier molecular flexibility index (Phi) is 9.14. The molecule has 0 bridgehead atoms. The topological polar surface area (TPSA) is 111 Å². The van der Waals surface area contributed by atoms with Gasteiger partial charge in [0.2, 0.25) is 5.96 Å². The van der Waals surface area contributed by atoms with E-state index in [1.165, 1.54) is 12.3 Å². The first-order valence-corrected chi connectivity index (χ1v) is 13.1. The van der Waals surface area contributed by atoms with Crippen molar-refractivity contribution in [1.82, 2.24) is 9.80 Å². The van der Waals surface area contributed by atoms with E-state index in [2.05, 4.69) is 44.0 Å². The number of rotatable bonds is 5. The molecule has 1 amide bonds. The smallest absolute Gasteiger partial charge is 0.383 e. The number of anilines is 2. The third kappa shape index (κ3) is 7.33. The molecular weight excluding hydrogens is 557 g/mol. The lowest BCUT2D eigenvalue weighted by atomic mass is 10.1. The summed E-state index contributed by atoms with van der Waals surface area (Å²) >= 11 is 5.69. The Balaban J connectivity index is 1.60. The predicted octanol–water partition coefficient (Wildman–Crippen LogP) is 5.12. The summed E-state index contributed by atoms with van der Waals surface area (Å²) in [7, 11) is 2.07. The zero-order valence-corrected chi connectivity index (χ0v) is 23.4. The Hall–Kier alpha value is -4.16. The molecule has 0 saturated carbocycles. The number of hydrogen-bond acceptors (Lipinski definition) is 8. The highest BCUT2D eigenvalue weighted by Crippen LogP contribution is 2.36. The van der Waals surface area contributed by atoms with Gasteiger partial charge in [0.25, 0.3) is 5.91 Å². The largest absolute Gasteiger partial charge is 0.417 e. The number of likely N-dealkylation sites (N-methyl/N-ethyl adjacent to an activating group) is 1. The van der Waals surface area contributed by atoms with Gasteiger partial charge in [-0.2, -0.15) is 13.2 Å². The Bertz CT molecular complexity index is 1460. The number of halogens is 4. The fraction of sp³-hybridized carbons (Fsp3) is 0.286. The van der Waals surface area contributed by atoms with Crippen molar-refractivity contribution in [3.05, 3.63) is 82.4 Å². The number of nitrogens with two attached hydrogens (primary N) is 1. The molecule has 0 aliphatic carbocycles. The van der Waals surface area contributed by atoms with E-state index in [9.17, 15) is 18.0 Å². The molecule has 2 aliphatic rings. The molecule has 2 aromatic rings. The third-order valence-corrected chi connectivity index (χ3v) is 6.87. The number of nitrogens with zero attached hydrogens (tertiary/aromatic N) is 5. The highest BCUT2D eigenvalue weighted by Gasteiger charge is 2.33. The second-order valence-electron chi connectivity index (χ2n) is 9.57. The third-order valence-electron chi connectivity index (χ3n) is 6.54. The molecule has 41 heavy (non-hydrogen) atoms. The molecule has 2 aliphatic heterocycles. The van der Waals surface area contributed by atoms with Crippen molar-refractivity contribution in [2.75, 3.05) is 43.9 Å². The van der Waals surface area contributed by atoms with Crippen LogP contribution in [0.5, 0.6) is 0 Å². The van der Waals surface area contributed by atoms with Gasteiger partial charge < -0.3 is 26.2 Å². The van der Waals surface area contributed by atoms with Gasteiger partial charge >= 0.3 is 6.18 Å². The monoisotopic (exact) mass is 586 g/mol. The summed E-state index contributed by atoms with van der Waals surface area (Å²) in [6, 6.07) is 7.98. The van der Waals surface area contributed by atoms with Gasteiger partial charge in [-0.15, -0.1) is 0 Å². The average Bonchev–Trinajstić information content (AvgIpc) is 3.15. The van der Waals surface area contributed by atoms with E-state index < -0.39 is 22.7 Å². The summed E-state index contributed by atoms with van der Waals surface area (Å²) in [5.74, 6) is 0.0864. The molecule has 0 radical (unpaired) electrons. The van der Waals surface area contributed by atoms with Crippen LogP contribution in [0, 0.1) is 6.92 Å². The van der Waals surface area contributed by atoms with Crippen LogP contribution in [0.4, 0.5) is 24.5 Å². The quantitative estimate of drug-likeness (QED) is 0.450. The molecule has 2 heterocycles. The molecule has 0 aromatic heterocycles. The molecule has 0 atom stereocenters. The van der Waals surface area contributed by atoms with E-state index in [1.54, 1.807) is 24.4 Å². The lowest BCUT2D eigenvalue weighted by Gasteiger charge is -2.24. The first kappa shape index (κ1) is 29.8. The SMILES string of the molecule is C=C/N=C1/C=NC(N2CCCN(C)CC2)=N/C1=C(/N)Nc1cc(C(=O)Nc2ccc(Cl)c(C(F)(F)F)c2)ccc1C. The molecule has 4 N–H and O–H groups in total. The maximum Gasteiger partial charge on any atom is 0.417 e. The first-order valence-electron chi connectivity index (χ1n) is 12.8. The normalized spacial score (nSPS) is 18.5. The standard InChI is InChI=1S/C28H30ClF3N8O/c1-4-34-23-16-35-27(40-11-5-10-39(3)12-13-40)38-24(23)25(33)37-22-14-18(7-6-17(22)2)26(41)36-19-8-9-21(29)20(15-19)28(30,31)32/h4,6-9,14-16,37H,1,5,10-13,33H2,2-3H3,(H,36,41)/b25-24-,34-23-. The number of guanidine groups is 1. The van der Waals surface area contributed by atoms with Crippen LogP contribution in [0.3, 0.4) is 0 Å². The van der Waals surface area contributed by atoms with Crippen molar-refractivity contribution in [1.29, 1.82) is 0 Å². The van der Waals surface area contributed by atoms with Crippen molar-refractivity contribution in [2.45, 2.75) is 19.5 Å². The fourth-order valence-electron chi connectivity index (χ4n) is 4.28. The molecule has 1 saturated heterocycles. The fourth-order valence-corrected chi connectivity index (χ4v) is 4.51. The second-order valence-corrected chi connectivity index (χ2v) is 9.98. The van der Waals surface area contributed by atoms with Crippen LogP contribution in [0.25, 0.3) is 0 Å². The lowest BCUT2D eigenvalue weighted by Crippen LogP contribution is -2.36. The molecule has 0 spiro atoms. The van der Waals surface area contributed by atoms with Gasteiger partial charge in [0.15, 0.2) is 0 Å². The van der Waals surface area contributed by atoms with Crippen molar-refractivity contribution in [3.8, 4) is 0 Å².